The second kappa shape index (κ2) is 8.87. The van der Waals surface area contributed by atoms with Crippen LogP contribution in [0.1, 0.15) is 19.0 Å². The molecule has 0 aliphatic carbocycles. The van der Waals surface area contributed by atoms with Crippen LogP contribution in [0, 0.1) is 11.2 Å². The Morgan fingerprint density at radius 1 is 1.09 bits per heavy atom. The van der Waals surface area contributed by atoms with Crippen molar-refractivity contribution in [3.05, 3.63) is 48.2 Å². The number of amides is 1. The van der Waals surface area contributed by atoms with Crippen LogP contribution in [0.2, 0.25) is 0 Å². The molecule has 10 heteroatoms. The fourth-order valence-electron chi connectivity index (χ4n) is 3.64. The van der Waals surface area contributed by atoms with E-state index in [2.05, 4.69) is 15.0 Å². The van der Waals surface area contributed by atoms with Gasteiger partial charge in [0.1, 0.15) is 5.82 Å². The summed E-state index contributed by atoms with van der Waals surface area (Å²) in [5.41, 5.74) is 1.77. The quantitative estimate of drug-likeness (QED) is 0.633. The highest BCUT2D eigenvalue weighted by Crippen LogP contribution is 2.36. The molecule has 4 rings (SSSR count). The Kier molecular flexibility index (Phi) is 6.13. The Hall–Kier alpha value is -3.37. The number of rotatable bonds is 5. The van der Waals surface area contributed by atoms with Gasteiger partial charge in [0.05, 0.1) is 35.7 Å². The van der Waals surface area contributed by atoms with E-state index in [1.54, 1.807) is 43.4 Å². The average Bonchev–Trinajstić information content (AvgIpc) is 3.25. The van der Waals surface area contributed by atoms with Gasteiger partial charge in [-0.1, -0.05) is 0 Å². The Labute approximate surface area is 191 Å². The lowest BCUT2D eigenvalue weighted by Crippen LogP contribution is -2.48. The summed E-state index contributed by atoms with van der Waals surface area (Å²) in [6.45, 7) is 2.19. The molecule has 9 nitrogen and oxygen atoms in total. The highest BCUT2D eigenvalue weighted by Gasteiger charge is 2.41. The van der Waals surface area contributed by atoms with Crippen molar-refractivity contribution >= 4 is 11.9 Å². The molecule has 0 atom stereocenters. The molecule has 0 bridgehead atoms. The molecule has 0 saturated carbocycles. The summed E-state index contributed by atoms with van der Waals surface area (Å²) < 4.78 is 25.3. The van der Waals surface area contributed by atoms with Crippen LogP contribution in [0.15, 0.2) is 36.5 Å². The summed E-state index contributed by atoms with van der Waals surface area (Å²) in [4.78, 5) is 32.7. The number of anilines is 1. The molecule has 0 radical (unpaired) electrons. The number of nitrogens with zero attached hydrogens (tertiary/aromatic N) is 5. The summed E-state index contributed by atoms with van der Waals surface area (Å²) in [7, 11) is 7.12. The first-order chi connectivity index (χ1) is 15.7. The highest BCUT2D eigenvalue weighted by atomic mass is 19.1. The normalized spacial score (nSPS) is 20.5. The maximum Gasteiger partial charge on any atom is 0.232 e. The number of hydrogen-bond donors (Lipinski definition) is 1. The minimum Gasteiger partial charge on any atom is -0.348 e. The Balaban J connectivity index is 1.70. The number of carbonyl (C=O) groups excluding carboxylic acids is 1. The summed E-state index contributed by atoms with van der Waals surface area (Å²) in [6.07, 6.45) is 0.884. The number of benzene rings is 1. The van der Waals surface area contributed by atoms with E-state index in [0.29, 0.717) is 34.4 Å². The van der Waals surface area contributed by atoms with Gasteiger partial charge in [0, 0.05) is 40.0 Å². The Morgan fingerprint density at radius 3 is 2.36 bits per heavy atom. The van der Waals surface area contributed by atoms with E-state index in [4.69, 9.17) is 14.5 Å². The number of hydrogen-bond acceptors (Lipinski definition) is 7. The van der Waals surface area contributed by atoms with Crippen LogP contribution in [0.3, 0.4) is 0 Å². The van der Waals surface area contributed by atoms with Crippen molar-refractivity contribution in [3.8, 4) is 22.6 Å². The van der Waals surface area contributed by atoms with Crippen LogP contribution >= 0.6 is 0 Å². The van der Waals surface area contributed by atoms with Crippen molar-refractivity contribution in [3.63, 3.8) is 0 Å². The SMILES string of the molecule is CN(C)C(=O)C1(C)COC(c2nc(-c3ccc(F)cc3)c(-c3ccnc(N(C)C)n3)[nH]2)OC1. The maximum atomic E-state index is 13.5. The second-order valence-electron chi connectivity index (χ2n) is 8.70. The predicted octanol–water partition coefficient (Wildman–Crippen LogP) is 2.88. The van der Waals surface area contributed by atoms with Crippen molar-refractivity contribution in [1.29, 1.82) is 0 Å². The summed E-state index contributed by atoms with van der Waals surface area (Å²) in [5, 5.41) is 0. The predicted molar refractivity (Wildman–Crippen MR) is 121 cm³/mol. The topological polar surface area (TPSA) is 96.5 Å². The number of H-pyrrole nitrogens is 1. The average molecular weight is 455 g/mol. The highest BCUT2D eigenvalue weighted by molar-refractivity contribution is 5.82. The molecule has 3 aromatic rings. The van der Waals surface area contributed by atoms with Crippen molar-refractivity contribution < 1.29 is 18.7 Å². The number of aromatic amines is 1. The molecule has 1 aromatic carbocycles. The summed E-state index contributed by atoms with van der Waals surface area (Å²) >= 11 is 0. The van der Waals surface area contributed by atoms with Gasteiger partial charge in [0.2, 0.25) is 18.1 Å². The van der Waals surface area contributed by atoms with Crippen LogP contribution in [-0.4, -0.2) is 72.1 Å². The second-order valence-corrected chi connectivity index (χ2v) is 8.70. The summed E-state index contributed by atoms with van der Waals surface area (Å²) in [5.74, 6) is 0.576. The van der Waals surface area contributed by atoms with Crippen LogP contribution in [0.25, 0.3) is 22.6 Å². The number of nitrogens with one attached hydrogen (secondary N) is 1. The molecule has 3 heterocycles. The fraction of sp³-hybridized carbons (Fsp3) is 0.391. The number of ether oxygens (including phenoxy) is 2. The van der Waals surface area contributed by atoms with Gasteiger partial charge < -0.3 is 24.3 Å². The molecule has 1 aliphatic rings. The van der Waals surface area contributed by atoms with Gasteiger partial charge in [-0.2, -0.15) is 0 Å². The third-order valence-corrected chi connectivity index (χ3v) is 5.39. The van der Waals surface area contributed by atoms with Crippen LogP contribution in [0.4, 0.5) is 10.3 Å². The Bertz CT molecular complexity index is 1140. The lowest BCUT2D eigenvalue weighted by Gasteiger charge is -2.36. The van der Waals surface area contributed by atoms with E-state index in [1.807, 2.05) is 21.0 Å². The maximum absolute atomic E-state index is 13.5. The van der Waals surface area contributed by atoms with Crippen molar-refractivity contribution in [2.75, 3.05) is 46.3 Å². The van der Waals surface area contributed by atoms with E-state index in [1.165, 1.54) is 17.0 Å². The molecule has 1 N–H and O–H groups in total. The fourth-order valence-corrected chi connectivity index (χ4v) is 3.64. The van der Waals surface area contributed by atoms with Gasteiger partial charge in [-0.25, -0.2) is 19.3 Å². The van der Waals surface area contributed by atoms with E-state index < -0.39 is 11.7 Å². The minimum atomic E-state index is -0.781. The van der Waals surface area contributed by atoms with E-state index >= 15 is 0 Å². The molecule has 0 unspecified atom stereocenters. The van der Waals surface area contributed by atoms with Gasteiger partial charge in [-0.15, -0.1) is 0 Å². The van der Waals surface area contributed by atoms with E-state index in [0.717, 1.165) is 0 Å². The van der Waals surface area contributed by atoms with Gasteiger partial charge in [-0.3, -0.25) is 4.79 Å². The Morgan fingerprint density at radius 2 is 1.76 bits per heavy atom. The third-order valence-electron chi connectivity index (χ3n) is 5.39. The first-order valence-electron chi connectivity index (χ1n) is 10.5. The molecule has 2 aromatic heterocycles. The molecular formula is C23H27FN6O3. The molecule has 0 spiro atoms. The smallest absolute Gasteiger partial charge is 0.232 e. The largest absolute Gasteiger partial charge is 0.348 e. The van der Waals surface area contributed by atoms with Gasteiger partial charge >= 0.3 is 0 Å². The molecule has 33 heavy (non-hydrogen) atoms. The molecule has 1 aliphatic heterocycles. The number of imidazole rings is 1. The molecule has 1 saturated heterocycles. The van der Waals surface area contributed by atoms with Gasteiger partial charge in [-0.05, 0) is 37.3 Å². The van der Waals surface area contributed by atoms with E-state index in [-0.39, 0.29) is 24.9 Å². The van der Waals surface area contributed by atoms with Gasteiger partial charge in [0.25, 0.3) is 0 Å². The van der Waals surface area contributed by atoms with Crippen molar-refractivity contribution in [2.45, 2.75) is 13.2 Å². The monoisotopic (exact) mass is 454 g/mol. The zero-order valence-electron chi connectivity index (χ0n) is 19.3. The minimum absolute atomic E-state index is 0.0646. The first kappa shape index (κ1) is 22.8. The molecule has 1 amide bonds. The standard InChI is InChI=1S/C23H27FN6O3/c1-23(21(31)29(2)3)12-32-20(33-13-23)19-27-17(14-6-8-15(24)9-7-14)18(28-19)16-10-11-25-22(26-16)30(4)5/h6-11,20H,12-13H2,1-5H3,(H,27,28). The molecule has 174 valence electrons. The lowest BCUT2D eigenvalue weighted by atomic mass is 9.90. The zero-order valence-corrected chi connectivity index (χ0v) is 19.3. The van der Waals surface area contributed by atoms with Crippen molar-refractivity contribution in [1.82, 2.24) is 24.8 Å². The number of aromatic nitrogens is 4. The lowest BCUT2D eigenvalue weighted by molar-refractivity contribution is -0.233. The van der Waals surface area contributed by atoms with Gasteiger partial charge in [0.15, 0.2) is 5.82 Å². The number of halogens is 1. The summed E-state index contributed by atoms with van der Waals surface area (Å²) in [6, 6.07) is 7.84. The first-order valence-corrected chi connectivity index (χ1v) is 10.5. The molecular weight excluding hydrogens is 427 g/mol. The van der Waals surface area contributed by atoms with Crippen LogP contribution in [0.5, 0.6) is 0 Å². The molecule has 1 fully saturated rings. The third kappa shape index (κ3) is 4.57. The van der Waals surface area contributed by atoms with E-state index in [9.17, 15) is 9.18 Å². The zero-order chi connectivity index (χ0) is 23.8. The number of carbonyl (C=O) groups is 1. The van der Waals surface area contributed by atoms with Crippen LogP contribution in [-0.2, 0) is 14.3 Å². The van der Waals surface area contributed by atoms with Crippen molar-refractivity contribution in [2.24, 2.45) is 5.41 Å². The van der Waals surface area contributed by atoms with Crippen LogP contribution < -0.4 is 4.90 Å².